The van der Waals surface area contributed by atoms with E-state index in [-0.39, 0.29) is 24.9 Å². The molecule has 8 heteroatoms. The molecule has 1 rings (SSSR count). The predicted octanol–water partition coefficient (Wildman–Crippen LogP) is -0.655. The molecular formula is C9H16FN5O2. The van der Waals surface area contributed by atoms with Gasteiger partial charge in [0.2, 0.25) is 5.95 Å². The summed E-state index contributed by atoms with van der Waals surface area (Å²) in [5.74, 6) is 4.71. The van der Waals surface area contributed by atoms with Gasteiger partial charge >= 0.3 is 0 Å². The Morgan fingerprint density at radius 1 is 1.71 bits per heavy atom. The van der Waals surface area contributed by atoms with Crippen LogP contribution in [0.3, 0.4) is 0 Å². The molecule has 7 nitrogen and oxygen atoms in total. The number of anilines is 2. The molecule has 1 aromatic heterocycles. The van der Waals surface area contributed by atoms with Crippen LogP contribution < -0.4 is 16.2 Å². The van der Waals surface area contributed by atoms with E-state index in [1.807, 2.05) is 0 Å². The third-order valence-electron chi connectivity index (χ3n) is 2.06. The van der Waals surface area contributed by atoms with Crippen molar-refractivity contribution in [2.75, 3.05) is 37.6 Å². The third kappa shape index (κ3) is 3.77. The van der Waals surface area contributed by atoms with E-state index < -0.39 is 11.9 Å². The number of nitrogen functional groups attached to an aromatic ring is 1. The minimum absolute atomic E-state index is 0.0584. The number of hydrazine groups is 1. The topological polar surface area (TPSA) is 96.5 Å². The average Bonchev–Trinajstić information content (AvgIpc) is 2.29. The first-order chi connectivity index (χ1) is 8.08. The molecule has 0 aliphatic heterocycles. The quantitative estimate of drug-likeness (QED) is 0.452. The van der Waals surface area contributed by atoms with E-state index in [2.05, 4.69) is 15.4 Å². The van der Waals surface area contributed by atoms with Gasteiger partial charge in [-0.1, -0.05) is 0 Å². The van der Waals surface area contributed by atoms with Crippen molar-refractivity contribution >= 4 is 11.8 Å². The van der Waals surface area contributed by atoms with Crippen LogP contribution in [0.1, 0.15) is 0 Å². The van der Waals surface area contributed by atoms with Gasteiger partial charge in [-0.2, -0.15) is 4.98 Å². The smallest absolute Gasteiger partial charge is 0.239 e. The highest BCUT2D eigenvalue weighted by Crippen LogP contribution is 2.15. The SMILES string of the molecule is COCC(O)CN(C)c1nc(NN)ncc1F. The van der Waals surface area contributed by atoms with Crippen LogP contribution in [0.25, 0.3) is 0 Å². The number of nitrogens with zero attached hydrogens (tertiary/aromatic N) is 3. The second kappa shape index (κ2) is 6.28. The Morgan fingerprint density at radius 3 is 3.00 bits per heavy atom. The van der Waals surface area contributed by atoms with Crippen molar-refractivity contribution in [3.8, 4) is 0 Å². The number of likely N-dealkylation sites (N-methyl/N-ethyl adjacent to an activating group) is 1. The monoisotopic (exact) mass is 245 g/mol. The van der Waals surface area contributed by atoms with E-state index >= 15 is 0 Å². The molecule has 0 bridgehead atoms. The molecule has 96 valence electrons. The molecule has 0 spiro atoms. The summed E-state index contributed by atoms with van der Waals surface area (Å²) in [5, 5.41) is 9.53. The molecule has 0 aromatic carbocycles. The zero-order chi connectivity index (χ0) is 12.8. The lowest BCUT2D eigenvalue weighted by Crippen LogP contribution is -2.33. The third-order valence-corrected chi connectivity index (χ3v) is 2.06. The molecule has 0 amide bonds. The van der Waals surface area contributed by atoms with Gasteiger partial charge in [-0.25, -0.2) is 15.2 Å². The lowest BCUT2D eigenvalue weighted by molar-refractivity contribution is 0.0693. The van der Waals surface area contributed by atoms with Gasteiger partial charge in [0.25, 0.3) is 0 Å². The summed E-state index contributed by atoms with van der Waals surface area (Å²) in [5.41, 5.74) is 2.23. The van der Waals surface area contributed by atoms with Gasteiger partial charge < -0.3 is 14.7 Å². The second-order valence-corrected chi connectivity index (χ2v) is 3.50. The Labute approximate surface area is 98.4 Å². The first-order valence-electron chi connectivity index (χ1n) is 4.95. The number of aromatic nitrogens is 2. The molecule has 0 aliphatic carbocycles. The maximum absolute atomic E-state index is 13.4. The summed E-state index contributed by atoms with van der Waals surface area (Å²) in [6.45, 7) is 0.352. The Morgan fingerprint density at radius 2 is 2.41 bits per heavy atom. The van der Waals surface area contributed by atoms with E-state index in [4.69, 9.17) is 10.6 Å². The Bertz CT molecular complexity index is 365. The molecule has 0 saturated carbocycles. The standard InChI is InChI=1S/C9H16FN5O2/c1-15(4-6(16)5-17-2)8-7(10)3-12-9(13-8)14-11/h3,6,16H,4-5,11H2,1-2H3,(H,12,13,14). The van der Waals surface area contributed by atoms with Crippen LogP contribution in [0.15, 0.2) is 6.20 Å². The lowest BCUT2D eigenvalue weighted by Gasteiger charge is -2.21. The van der Waals surface area contributed by atoms with Gasteiger partial charge in [0.15, 0.2) is 11.6 Å². The maximum Gasteiger partial charge on any atom is 0.239 e. The maximum atomic E-state index is 13.4. The first kappa shape index (κ1) is 13.6. The van der Waals surface area contributed by atoms with Crippen molar-refractivity contribution in [2.45, 2.75) is 6.10 Å². The van der Waals surface area contributed by atoms with Crippen molar-refractivity contribution < 1.29 is 14.2 Å². The van der Waals surface area contributed by atoms with E-state index in [0.29, 0.717) is 0 Å². The summed E-state index contributed by atoms with van der Waals surface area (Å²) in [6, 6.07) is 0. The Kier molecular flexibility index (Phi) is 5.01. The lowest BCUT2D eigenvalue weighted by atomic mass is 10.3. The fourth-order valence-electron chi connectivity index (χ4n) is 1.34. The molecule has 0 aliphatic rings. The first-order valence-corrected chi connectivity index (χ1v) is 4.95. The Hall–Kier alpha value is -1.51. The minimum atomic E-state index is -0.728. The zero-order valence-corrected chi connectivity index (χ0v) is 9.72. The van der Waals surface area contributed by atoms with Crippen LogP contribution in [-0.4, -0.2) is 48.5 Å². The van der Waals surface area contributed by atoms with Crippen LogP contribution in [0.2, 0.25) is 0 Å². The molecule has 1 heterocycles. The summed E-state index contributed by atoms with van der Waals surface area (Å²) in [4.78, 5) is 8.93. The summed E-state index contributed by atoms with van der Waals surface area (Å²) in [6.07, 6.45) is 0.283. The molecule has 17 heavy (non-hydrogen) atoms. The van der Waals surface area contributed by atoms with Gasteiger partial charge in [0.05, 0.1) is 18.9 Å². The van der Waals surface area contributed by atoms with Crippen LogP contribution in [0.4, 0.5) is 16.2 Å². The number of hydrogen-bond acceptors (Lipinski definition) is 7. The number of aliphatic hydroxyl groups is 1. The highest BCUT2D eigenvalue weighted by atomic mass is 19.1. The summed E-state index contributed by atoms with van der Waals surface area (Å²) in [7, 11) is 3.08. The van der Waals surface area contributed by atoms with Crippen molar-refractivity contribution in [3.63, 3.8) is 0 Å². The molecule has 0 radical (unpaired) electrons. The largest absolute Gasteiger partial charge is 0.389 e. The summed E-state index contributed by atoms with van der Waals surface area (Å²) >= 11 is 0. The van der Waals surface area contributed by atoms with Gasteiger partial charge in [0.1, 0.15) is 0 Å². The van der Waals surface area contributed by atoms with Crippen molar-refractivity contribution in [3.05, 3.63) is 12.0 Å². The molecule has 1 aromatic rings. The molecule has 0 fully saturated rings. The van der Waals surface area contributed by atoms with Crippen LogP contribution in [0.5, 0.6) is 0 Å². The van der Waals surface area contributed by atoms with Crippen LogP contribution in [-0.2, 0) is 4.74 Å². The van der Waals surface area contributed by atoms with Crippen LogP contribution >= 0.6 is 0 Å². The highest BCUT2D eigenvalue weighted by Gasteiger charge is 2.14. The van der Waals surface area contributed by atoms with Gasteiger partial charge in [0, 0.05) is 20.7 Å². The second-order valence-electron chi connectivity index (χ2n) is 3.50. The fourth-order valence-corrected chi connectivity index (χ4v) is 1.34. The molecule has 1 unspecified atom stereocenters. The number of aliphatic hydroxyl groups excluding tert-OH is 1. The molecule has 1 atom stereocenters. The highest BCUT2D eigenvalue weighted by molar-refractivity contribution is 5.42. The fraction of sp³-hybridized carbons (Fsp3) is 0.556. The van der Waals surface area contributed by atoms with Crippen molar-refractivity contribution in [2.24, 2.45) is 5.84 Å². The number of ether oxygens (including phenoxy) is 1. The van der Waals surface area contributed by atoms with Crippen LogP contribution in [0, 0.1) is 5.82 Å². The number of nitrogens with two attached hydrogens (primary N) is 1. The van der Waals surface area contributed by atoms with E-state index in [0.717, 1.165) is 6.20 Å². The summed E-state index contributed by atoms with van der Waals surface area (Å²) < 4.78 is 18.2. The Balaban J connectivity index is 2.76. The number of methoxy groups -OCH3 is 1. The number of halogens is 1. The molecular weight excluding hydrogens is 229 g/mol. The van der Waals surface area contributed by atoms with Gasteiger partial charge in [-0.15, -0.1) is 0 Å². The number of nitrogens with one attached hydrogen (secondary N) is 1. The van der Waals surface area contributed by atoms with E-state index in [1.54, 1.807) is 7.05 Å². The zero-order valence-electron chi connectivity index (χ0n) is 9.72. The van der Waals surface area contributed by atoms with E-state index in [9.17, 15) is 9.50 Å². The van der Waals surface area contributed by atoms with E-state index in [1.165, 1.54) is 12.0 Å². The molecule has 0 saturated heterocycles. The number of hydrogen-bond donors (Lipinski definition) is 3. The van der Waals surface area contributed by atoms with Crippen molar-refractivity contribution in [1.82, 2.24) is 9.97 Å². The molecule has 4 N–H and O–H groups in total. The van der Waals surface area contributed by atoms with Gasteiger partial charge in [-0.3, -0.25) is 5.43 Å². The normalized spacial score (nSPS) is 12.3. The average molecular weight is 245 g/mol. The van der Waals surface area contributed by atoms with Crippen molar-refractivity contribution in [1.29, 1.82) is 0 Å². The number of rotatable bonds is 6. The predicted molar refractivity (Wildman–Crippen MR) is 61.0 cm³/mol. The minimum Gasteiger partial charge on any atom is -0.389 e. The van der Waals surface area contributed by atoms with Gasteiger partial charge in [-0.05, 0) is 0 Å².